The summed E-state index contributed by atoms with van der Waals surface area (Å²) < 4.78 is 60.0. The molecule has 10 nitrogen and oxygen atoms in total. The van der Waals surface area contributed by atoms with Crippen LogP contribution < -0.4 is 18.9 Å². The average molecular weight is 577 g/mol. The third-order valence-corrected chi connectivity index (χ3v) is 7.20. The second kappa shape index (κ2) is 12.7. The zero-order chi connectivity index (χ0) is 28.8. The van der Waals surface area contributed by atoms with Gasteiger partial charge >= 0.3 is 18.2 Å². The molecule has 1 fully saturated rings. The van der Waals surface area contributed by atoms with Gasteiger partial charge in [-0.2, -0.15) is 0 Å². The normalized spacial score (nSPS) is 17.9. The molecule has 220 valence electrons. The largest absolute Gasteiger partial charge is 0.573 e. The van der Waals surface area contributed by atoms with Crippen LogP contribution in [-0.2, 0) is 13.1 Å². The van der Waals surface area contributed by atoms with Crippen LogP contribution >= 0.6 is 0 Å². The van der Waals surface area contributed by atoms with Gasteiger partial charge in [0.1, 0.15) is 36.2 Å². The number of piperidine rings is 1. The maximum absolute atomic E-state index is 12.3. The molecular weight excluding hydrogens is 545 g/mol. The number of aromatic nitrogens is 2. The van der Waals surface area contributed by atoms with Crippen molar-refractivity contribution in [2.45, 2.75) is 51.2 Å². The van der Waals surface area contributed by atoms with Crippen molar-refractivity contribution in [3.8, 4) is 23.3 Å². The van der Waals surface area contributed by atoms with Gasteiger partial charge in [-0.15, -0.1) is 13.2 Å². The highest BCUT2D eigenvalue weighted by Crippen LogP contribution is 2.27. The molecule has 0 N–H and O–H groups in total. The predicted molar refractivity (Wildman–Crippen MR) is 141 cm³/mol. The van der Waals surface area contributed by atoms with Crippen LogP contribution in [0.2, 0.25) is 0 Å². The summed E-state index contributed by atoms with van der Waals surface area (Å²) in [5.74, 6) is 1.56. The predicted octanol–water partition coefficient (Wildman–Crippen LogP) is 5.60. The molecule has 3 heterocycles. The van der Waals surface area contributed by atoms with Gasteiger partial charge in [-0.25, -0.2) is 0 Å². The molecule has 5 rings (SSSR count). The number of fused-ring (bicyclic) bond motifs is 1. The minimum Gasteiger partial charge on any atom is -0.494 e. The molecule has 0 saturated carbocycles. The zero-order valence-corrected chi connectivity index (χ0v) is 22.3. The Kier molecular flexibility index (Phi) is 8.81. The van der Waals surface area contributed by atoms with E-state index >= 15 is 0 Å². The molecule has 1 atom stereocenters. The Bertz CT molecular complexity index is 1290. The molecule has 3 aromatic rings. The number of hydrogen-bond donors (Lipinski definition) is 0. The Morgan fingerprint density at radius 1 is 0.951 bits per heavy atom. The lowest BCUT2D eigenvalue weighted by molar-refractivity contribution is -0.389. The Morgan fingerprint density at radius 3 is 2.27 bits per heavy atom. The van der Waals surface area contributed by atoms with E-state index < -0.39 is 11.3 Å². The molecule has 1 aromatic heterocycles. The molecule has 0 bridgehead atoms. The van der Waals surface area contributed by atoms with Crippen LogP contribution in [0.25, 0.3) is 0 Å². The number of ether oxygens (including phenoxy) is 4. The Morgan fingerprint density at radius 2 is 1.61 bits per heavy atom. The molecule has 1 unspecified atom stereocenters. The minimum absolute atomic E-state index is 0.207. The van der Waals surface area contributed by atoms with Gasteiger partial charge < -0.3 is 29.1 Å². The summed E-state index contributed by atoms with van der Waals surface area (Å²) in [6, 6.07) is 13.7. The fraction of sp³-hybridized carbons (Fsp3) is 0.464. The fourth-order valence-electron chi connectivity index (χ4n) is 4.99. The second-order valence-corrected chi connectivity index (χ2v) is 10.2. The molecular formula is C28H31F3N4O6. The van der Waals surface area contributed by atoms with Gasteiger partial charge in [0.25, 0.3) is 0 Å². The maximum Gasteiger partial charge on any atom is 0.573 e. The molecule has 13 heteroatoms. The third-order valence-electron chi connectivity index (χ3n) is 7.20. The lowest BCUT2D eigenvalue weighted by Gasteiger charge is -2.32. The van der Waals surface area contributed by atoms with Crippen molar-refractivity contribution < 1.29 is 37.0 Å². The van der Waals surface area contributed by atoms with Crippen molar-refractivity contribution >= 4 is 5.82 Å². The summed E-state index contributed by atoms with van der Waals surface area (Å²) in [5, 5.41) is 10.9. The quantitative estimate of drug-likeness (QED) is 0.215. The van der Waals surface area contributed by atoms with Gasteiger partial charge in [0.05, 0.1) is 6.61 Å². The first-order chi connectivity index (χ1) is 19.7. The minimum atomic E-state index is -4.68. The van der Waals surface area contributed by atoms with Crippen molar-refractivity contribution in [3.63, 3.8) is 0 Å². The molecule has 0 aliphatic carbocycles. The molecule has 2 aromatic carbocycles. The fourth-order valence-corrected chi connectivity index (χ4v) is 4.99. The van der Waals surface area contributed by atoms with E-state index in [9.17, 15) is 23.3 Å². The van der Waals surface area contributed by atoms with E-state index in [0.717, 1.165) is 43.7 Å². The van der Waals surface area contributed by atoms with E-state index in [4.69, 9.17) is 14.2 Å². The SMILES string of the molecule is O=[N+]([O-])c1cn2c(n1)OC(COc1ccc(OCCC3CCN(Cc4ccc(OC(F)(F)F)cc4)CC3)cc1)CC2. The molecule has 0 spiro atoms. The number of alkyl halides is 3. The number of nitro groups is 1. The van der Waals surface area contributed by atoms with Crippen LogP contribution in [0.1, 0.15) is 31.2 Å². The highest BCUT2D eigenvalue weighted by molar-refractivity contribution is 5.31. The van der Waals surface area contributed by atoms with Crippen molar-refractivity contribution in [2.24, 2.45) is 5.92 Å². The van der Waals surface area contributed by atoms with Crippen LogP contribution in [0, 0.1) is 16.0 Å². The third kappa shape index (κ3) is 8.26. The van der Waals surface area contributed by atoms with Crippen LogP contribution in [0.5, 0.6) is 23.3 Å². The van der Waals surface area contributed by atoms with E-state index in [0.29, 0.717) is 44.4 Å². The monoisotopic (exact) mass is 576 g/mol. The van der Waals surface area contributed by atoms with Gasteiger partial charge in [-0.05, 0) is 85.2 Å². The highest BCUT2D eigenvalue weighted by atomic mass is 19.4. The molecule has 41 heavy (non-hydrogen) atoms. The van der Waals surface area contributed by atoms with E-state index in [2.05, 4.69) is 14.6 Å². The zero-order valence-electron chi connectivity index (χ0n) is 22.3. The summed E-state index contributed by atoms with van der Waals surface area (Å²) in [6.07, 6.45) is 0.146. The van der Waals surface area contributed by atoms with Crippen LogP contribution in [-0.4, -0.2) is 58.1 Å². The van der Waals surface area contributed by atoms with Gasteiger partial charge in [-0.3, -0.25) is 9.47 Å². The van der Waals surface area contributed by atoms with Gasteiger partial charge in [0.15, 0.2) is 0 Å². The Labute approximate surface area is 234 Å². The molecule has 1 saturated heterocycles. The highest BCUT2D eigenvalue weighted by Gasteiger charge is 2.31. The maximum atomic E-state index is 12.3. The van der Waals surface area contributed by atoms with E-state index in [1.807, 2.05) is 24.3 Å². The number of hydrogen-bond acceptors (Lipinski definition) is 8. The average Bonchev–Trinajstić information content (AvgIpc) is 3.38. The standard InChI is InChI=1S/C28H31F3N4O6/c29-28(30,31)41-24-3-1-21(2-4-24)17-33-13-9-20(10-14-33)12-16-38-22-5-7-23(8-6-22)39-19-25-11-15-34-18-26(35(36)37)32-27(34)40-25/h1-8,18,20,25H,9-17,19H2. The van der Waals surface area contributed by atoms with Gasteiger partial charge in [0, 0.05) is 24.5 Å². The number of imidazole rings is 1. The number of nitrogens with zero attached hydrogens (tertiary/aromatic N) is 4. The first kappa shape index (κ1) is 28.5. The van der Waals surface area contributed by atoms with Crippen molar-refractivity contribution in [1.82, 2.24) is 14.5 Å². The molecule has 2 aliphatic rings. The molecule has 2 aliphatic heterocycles. The first-order valence-electron chi connectivity index (χ1n) is 13.5. The summed E-state index contributed by atoms with van der Waals surface area (Å²) >= 11 is 0. The van der Waals surface area contributed by atoms with Crippen LogP contribution in [0.3, 0.4) is 0 Å². The topological polar surface area (TPSA) is 101 Å². The first-order valence-corrected chi connectivity index (χ1v) is 13.5. The number of aryl methyl sites for hydroxylation is 1. The van der Waals surface area contributed by atoms with Crippen molar-refractivity contribution in [1.29, 1.82) is 0 Å². The summed E-state index contributed by atoms with van der Waals surface area (Å²) in [4.78, 5) is 16.6. The number of likely N-dealkylation sites (tertiary alicyclic amines) is 1. The lowest BCUT2D eigenvalue weighted by atomic mass is 9.93. The van der Waals surface area contributed by atoms with Gasteiger partial charge in [0.2, 0.25) is 0 Å². The number of halogens is 3. The summed E-state index contributed by atoms with van der Waals surface area (Å²) in [7, 11) is 0. The van der Waals surface area contributed by atoms with Crippen LogP contribution in [0.4, 0.5) is 19.0 Å². The van der Waals surface area contributed by atoms with Crippen molar-refractivity contribution in [2.75, 3.05) is 26.3 Å². The Balaban J connectivity index is 0.969. The lowest BCUT2D eigenvalue weighted by Crippen LogP contribution is -2.33. The second-order valence-electron chi connectivity index (χ2n) is 10.2. The van der Waals surface area contributed by atoms with E-state index in [1.165, 1.54) is 18.3 Å². The van der Waals surface area contributed by atoms with E-state index in [-0.39, 0.29) is 23.7 Å². The van der Waals surface area contributed by atoms with Crippen LogP contribution in [0.15, 0.2) is 54.7 Å². The van der Waals surface area contributed by atoms with E-state index in [1.54, 1.807) is 16.7 Å². The van der Waals surface area contributed by atoms with Crippen molar-refractivity contribution in [3.05, 3.63) is 70.4 Å². The smallest absolute Gasteiger partial charge is 0.494 e. The van der Waals surface area contributed by atoms with Gasteiger partial charge in [-0.1, -0.05) is 12.1 Å². The number of rotatable bonds is 11. The number of benzene rings is 2. The summed E-state index contributed by atoms with van der Waals surface area (Å²) in [5.41, 5.74) is 0.957. The molecule has 0 amide bonds. The molecule has 0 radical (unpaired) electrons. The Hall–Kier alpha value is -4.00. The summed E-state index contributed by atoms with van der Waals surface area (Å²) in [6.45, 7) is 4.05.